The number of urea groups is 1. The van der Waals surface area contributed by atoms with Crippen LogP contribution in [0.3, 0.4) is 0 Å². The van der Waals surface area contributed by atoms with E-state index >= 15 is 0 Å². The molecule has 0 bridgehead atoms. The number of aliphatic hydroxyl groups excluding tert-OH is 1. The minimum absolute atomic E-state index is 0.0335. The van der Waals surface area contributed by atoms with Crippen LogP contribution in [0.5, 0.6) is 0 Å². The summed E-state index contributed by atoms with van der Waals surface area (Å²) in [6, 6.07) is 5.29. The van der Waals surface area contributed by atoms with Gasteiger partial charge in [-0.15, -0.1) is 0 Å². The van der Waals surface area contributed by atoms with Crippen molar-refractivity contribution in [1.82, 2.24) is 40.8 Å². The predicted octanol–water partition coefficient (Wildman–Crippen LogP) is 3.95. The average Bonchev–Trinajstić information content (AvgIpc) is 4.10. The van der Waals surface area contributed by atoms with E-state index in [1.807, 2.05) is 44.0 Å². The van der Waals surface area contributed by atoms with Crippen molar-refractivity contribution in [1.29, 1.82) is 0 Å². The predicted molar refractivity (Wildman–Crippen MR) is 286 cm³/mol. The molecule has 2 aliphatic rings. The number of hydrogen-bond acceptors (Lipinski definition) is 19. The number of imidazole rings is 1. The zero-order valence-electron chi connectivity index (χ0n) is 44.1. The number of carbonyl (C=O) groups is 3. The van der Waals surface area contributed by atoms with Crippen LogP contribution < -0.4 is 31.9 Å². The Kier molecular flexibility index (Phi) is 29.6. The number of rotatable bonds is 43. The zero-order chi connectivity index (χ0) is 53.5. The number of hydrogen-bond donors (Lipinski definition) is 7. The minimum Gasteiger partial charge on any atom is -0.394 e. The van der Waals surface area contributed by atoms with Crippen LogP contribution in [0.2, 0.25) is 5.02 Å². The van der Waals surface area contributed by atoms with Crippen LogP contribution >= 0.6 is 23.4 Å². The molecule has 0 unspecified atom stereocenters. The number of amides is 4. The number of halogens is 1. The van der Waals surface area contributed by atoms with E-state index in [-0.39, 0.29) is 59.6 Å². The molecule has 4 heterocycles. The van der Waals surface area contributed by atoms with Crippen molar-refractivity contribution in [2.24, 2.45) is 5.92 Å². The summed E-state index contributed by atoms with van der Waals surface area (Å²) in [5, 5.41) is 28.8. The van der Waals surface area contributed by atoms with Crippen molar-refractivity contribution < 1.29 is 62.1 Å². The monoisotopic (exact) mass is 1100 g/mol. The normalized spacial score (nSPS) is 16.6. The van der Waals surface area contributed by atoms with Gasteiger partial charge in [0.1, 0.15) is 0 Å². The third-order valence-electron chi connectivity index (χ3n) is 11.9. The lowest BCUT2D eigenvalue weighted by Crippen LogP contribution is -2.36. The van der Waals surface area contributed by atoms with Gasteiger partial charge in [0.25, 0.3) is 5.91 Å². The number of ether oxygens (including phenoxy) is 9. The molecule has 7 N–H and O–H groups in total. The van der Waals surface area contributed by atoms with Crippen LogP contribution in [0.25, 0.3) is 11.2 Å². The molecule has 2 saturated heterocycles. The molecule has 3 aromatic rings. The molecule has 0 radical (unpaired) electrons. The Hall–Kier alpha value is -4.18. The van der Waals surface area contributed by atoms with Gasteiger partial charge in [0.15, 0.2) is 17.0 Å². The van der Waals surface area contributed by atoms with Crippen LogP contribution in [0.1, 0.15) is 69.8 Å². The number of fused-ring (bicyclic) bond motifs is 2. The molecule has 5 rings (SSSR count). The summed E-state index contributed by atoms with van der Waals surface area (Å²) in [4.78, 5) is 50.4. The molecular weight excluding hydrogens is 1020 g/mol. The summed E-state index contributed by atoms with van der Waals surface area (Å²) < 4.78 is 51.8. The summed E-state index contributed by atoms with van der Waals surface area (Å²) in [5.41, 5.74) is 2.14. The highest BCUT2D eigenvalue weighted by Gasteiger charge is 2.42. The molecule has 2 fully saturated rings. The summed E-state index contributed by atoms with van der Waals surface area (Å²) in [5.74, 6) is 1.62. The van der Waals surface area contributed by atoms with Gasteiger partial charge < -0.3 is 84.2 Å². The molecule has 0 spiro atoms. The van der Waals surface area contributed by atoms with E-state index in [0.29, 0.717) is 178 Å². The van der Waals surface area contributed by atoms with Crippen molar-refractivity contribution in [2.45, 2.75) is 82.8 Å². The van der Waals surface area contributed by atoms with E-state index in [1.54, 1.807) is 24.5 Å². The highest BCUT2D eigenvalue weighted by molar-refractivity contribution is 8.00. The average molecular weight is 1100 g/mol. The molecule has 0 saturated carbocycles. The highest BCUT2D eigenvalue weighted by atomic mass is 35.5. The molecule has 422 valence electrons. The summed E-state index contributed by atoms with van der Waals surface area (Å²) in [6.45, 7) is 16.6. The summed E-state index contributed by atoms with van der Waals surface area (Å²) >= 11 is 8.46. The van der Waals surface area contributed by atoms with Gasteiger partial charge in [-0.2, -0.15) is 21.7 Å². The van der Waals surface area contributed by atoms with Crippen molar-refractivity contribution in [3.8, 4) is 0 Å². The van der Waals surface area contributed by atoms with Crippen LogP contribution in [0, 0.1) is 5.92 Å². The Labute approximate surface area is 449 Å². The van der Waals surface area contributed by atoms with E-state index in [2.05, 4.69) is 41.9 Å². The molecule has 23 nitrogen and oxygen atoms in total. The number of benzene rings is 1. The van der Waals surface area contributed by atoms with Crippen LogP contribution in [-0.4, -0.2) is 210 Å². The van der Waals surface area contributed by atoms with Gasteiger partial charge in [-0.25, -0.2) is 9.78 Å². The lowest BCUT2D eigenvalue weighted by atomic mass is 10.0. The molecule has 75 heavy (non-hydrogen) atoms. The van der Waals surface area contributed by atoms with Crippen LogP contribution in [0.4, 0.5) is 22.2 Å². The molecule has 4 amide bonds. The number of thioether (sulfide) groups is 1. The third kappa shape index (κ3) is 23.1. The summed E-state index contributed by atoms with van der Waals surface area (Å²) in [6.07, 6.45) is 5.02. The van der Waals surface area contributed by atoms with E-state index < -0.39 is 0 Å². The van der Waals surface area contributed by atoms with Gasteiger partial charge in [0.2, 0.25) is 11.9 Å². The Morgan fingerprint density at radius 2 is 1.31 bits per heavy atom. The number of nitrogens with one attached hydrogen (secondary N) is 6. The van der Waals surface area contributed by atoms with Crippen LogP contribution in [-0.2, 0) is 47.4 Å². The molecule has 1 aromatic carbocycles. The first-order chi connectivity index (χ1) is 36.5. The number of nitrogens with zero attached hydrogens (tertiary/aromatic N) is 4. The SMILES string of the molecule is CC(C)[C@@H](CO)Nc1nc(Nc2ccc(C(=O)NCCOCCOCCOCCOCCOCCOCCOCCOCCOCCNC(=O)CCCC[C@@H]3SC[C@@H]4NC(=O)N[C@@H]43)c(Cl)c2)c2ncn(C(C)C)c2n1. The first kappa shape index (κ1) is 61.7. The van der Waals surface area contributed by atoms with Crippen molar-refractivity contribution in [2.75, 3.05) is 155 Å². The maximum absolute atomic E-state index is 12.9. The van der Waals surface area contributed by atoms with Gasteiger partial charge in [-0.05, 0) is 50.8 Å². The number of aromatic nitrogens is 4. The standard InChI is InChI=1S/C50H81ClN10O13S/c1-35(2)40(32-62)56-49-59-46(45-47(60-49)61(34-54-45)36(3)4)55-37-9-10-38(39(51)31-37)48(64)53-12-14-67-16-18-69-20-22-71-24-26-73-28-30-74-29-27-72-25-23-70-21-19-68-17-15-66-13-11-52-43(63)8-6-5-7-42-44-41(33-75-42)57-50(65)58-44/h9-10,31,34-36,40-42,44,62H,5-8,11-30,32-33H2,1-4H3,(H,52,63)(H,53,64)(H2,57,58,65)(H2,55,56,59,60)/t40-,41+,42+,44+/m1/s1. The largest absolute Gasteiger partial charge is 0.394 e. The fraction of sp³-hybridized carbons (Fsp3) is 0.720. The number of carbonyl (C=O) groups excluding carboxylic acids is 3. The second-order valence-corrected chi connectivity index (χ2v) is 20.0. The number of unbranched alkanes of at least 4 members (excludes halogenated alkanes) is 1. The quantitative estimate of drug-likeness (QED) is 0.0312. The maximum Gasteiger partial charge on any atom is 0.315 e. The smallest absolute Gasteiger partial charge is 0.315 e. The molecule has 4 atom stereocenters. The lowest BCUT2D eigenvalue weighted by molar-refractivity contribution is -0.121. The second kappa shape index (κ2) is 36.0. The Morgan fingerprint density at radius 1 is 0.760 bits per heavy atom. The number of anilines is 3. The molecule has 2 aromatic heterocycles. The van der Waals surface area contributed by atoms with Crippen molar-refractivity contribution in [3.63, 3.8) is 0 Å². The molecule has 2 aliphatic heterocycles. The fourth-order valence-corrected chi connectivity index (χ4v) is 9.58. The first-order valence-corrected chi connectivity index (χ1v) is 27.6. The lowest BCUT2D eigenvalue weighted by Gasteiger charge is -2.20. The van der Waals surface area contributed by atoms with Gasteiger partial charge in [0, 0.05) is 42.2 Å². The van der Waals surface area contributed by atoms with Gasteiger partial charge in [-0.3, -0.25) is 9.59 Å². The highest BCUT2D eigenvalue weighted by Crippen LogP contribution is 2.33. The van der Waals surface area contributed by atoms with E-state index in [9.17, 15) is 19.5 Å². The minimum atomic E-state index is -0.327. The van der Waals surface area contributed by atoms with Crippen LogP contribution in [0.15, 0.2) is 24.5 Å². The summed E-state index contributed by atoms with van der Waals surface area (Å²) in [7, 11) is 0. The zero-order valence-corrected chi connectivity index (χ0v) is 45.7. The topological polar surface area (TPSA) is 270 Å². The second-order valence-electron chi connectivity index (χ2n) is 18.3. The Balaban J connectivity index is 0.734. The van der Waals surface area contributed by atoms with Gasteiger partial charge >= 0.3 is 6.03 Å². The molecular formula is C50H81ClN10O13S. The van der Waals surface area contributed by atoms with Crippen molar-refractivity contribution >= 4 is 69.8 Å². The molecule has 0 aliphatic carbocycles. The maximum atomic E-state index is 12.9. The first-order valence-electron chi connectivity index (χ1n) is 26.2. The molecule has 25 heteroatoms. The van der Waals surface area contributed by atoms with E-state index in [1.165, 1.54) is 0 Å². The Bertz CT molecular complexity index is 2110. The number of aliphatic hydroxyl groups is 1. The van der Waals surface area contributed by atoms with E-state index in [0.717, 1.165) is 25.0 Å². The van der Waals surface area contributed by atoms with Gasteiger partial charge in [0.05, 0.1) is 161 Å². The van der Waals surface area contributed by atoms with Gasteiger partial charge in [-0.1, -0.05) is 31.9 Å². The van der Waals surface area contributed by atoms with Crippen molar-refractivity contribution in [3.05, 3.63) is 35.1 Å². The Morgan fingerprint density at radius 3 is 1.83 bits per heavy atom. The third-order valence-corrected chi connectivity index (χ3v) is 13.7. The van der Waals surface area contributed by atoms with E-state index in [4.69, 9.17) is 59.2 Å². The fourth-order valence-electron chi connectivity index (χ4n) is 7.77.